The molecule has 0 unspecified atom stereocenters. The van der Waals surface area contributed by atoms with Gasteiger partial charge in [0.1, 0.15) is 5.75 Å². The van der Waals surface area contributed by atoms with E-state index in [-0.39, 0.29) is 5.91 Å². The molecule has 1 aliphatic heterocycles. The molecule has 2 aromatic carbocycles. The smallest absolute Gasteiger partial charge is 0.227 e. The van der Waals surface area contributed by atoms with Crippen LogP contribution in [0.5, 0.6) is 5.75 Å². The van der Waals surface area contributed by atoms with E-state index in [0.717, 1.165) is 52.8 Å². The van der Waals surface area contributed by atoms with Crippen LogP contribution < -0.4 is 9.64 Å². The Morgan fingerprint density at radius 1 is 1.13 bits per heavy atom. The summed E-state index contributed by atoms with van der Waals surface area (Å²) in [6.07, 6.45) is 0.466. The number of aromatic nitrogens is 1. The van der Waals surface area contributed by atoms with Gasteiger partial charge in [-0.25, -0.2) is 4.98 Å². The van der Waals surface area contributed by atoms with Crippen molar-refractivity contribution in [3.05, 3.63) is 48.0 Å². The maximum Gasteiger partial charge on any atom is 0.227 e. The largest absolute Gasteiger partial charge is 0.497 e. The van der Waals surface area contributed by atoms with Crippen molar-refractivity contribution in [2.75, 3.05) is 38.2 Å². The zero-order valence-corrected chi connectivity index (χ0v) is 19.3. The summed E-state index contributed by atoms with van der Waals surface area (Å²) in [4.78, 5) is 23.0. The van der Waals surface area contributed by atoms with Gasteiger partial charge < -0.3 is 14.5 Å². The van der Waals surface area contributed by atoms with Crippen LogP contribution in [0.1, 0.15) is 19.4 Å². The molecule has 0 aliphatic carbocycles. The lowest BCUT2D eigenvalue weighted by Crippen LogP contribution is -2.49. The molecule has 158 valence electrons. The Balaban J connectivity index is 1.33. The molecule has 0 saturated carbocycles. The molecule has 3 aromatic rings. The minimum absolute atomic E-state index is 0.202. The van der Waals surface area contributed by atoms with Crippen LogP contribution in [0.25, 0.3) is 10.2 Å². The van der Waals surface area contributed by atoms with Crippen molar-refractivity contribution < 1.29 is 9.53 Å². The fourth-order valence-electron chi connectivity index (χ4n) is 3.55. The van der Waals surface area contributed by atoms with Gasteiger partial charge in [0.05, 0.1) is 23.7 Å². The third-order valence-electron chi connectivity index (χ3n) is 5.14. The highest BCUT2D eigenvalue weighted by Crippen LogP contribution is 2.32. The van der Waals surface area contributed by atoms with E-state index in [1.807, 2.05) is 34.9 Å². The number of carbonyl (C=O) groups is 1. The number of piperazine rings is 1. The second kappa shape index (κ2) is 9.27. The average molecular weight is 442 g/mol. The van der Waals surface area contributed by atoms with E-state index in [4.69, 9.17) is 9.72 Å². The quantitative estimate of drug-likeness (QED) is 0.519. The van der Waals surface area contributed by atoms with Gasteiger partial charge in [-0.2, -0.15) is 0 Å². The first kappa shape index (κ1) is 21.0. The first-order valence-electron chi connectivity index (χ1n) is 10.2. The number of thiazole rings is 1. The van der Waals surface area contributed by atoms with Crippen LogP contribution in [0, 0.1) is 0 Å². The highest BCUT2D eigenvalue weighted by atomic mass is 32.2. The lowest BCUT2D eigenvalue weighted by atomic mass is 10.1. The maximum absolute atomic E-state index is 12.8. The van der Waals surface area contributed by atoms with Crippen LogP contribution in [0.4, 0.5) is 5.13 Å². The molecular weight excluding hydrogens is 414 g/mol. The molecule has 1 saturated heterocycles. The van der Waals surface area contributed by atoms with Crippen molar-refractivity contribution in [1.82, 2.24) is 9.88 Å². The van der Waals surface area contributed by atoms with Crippen molar-refractivity contribution in [3.63, 3.8) is 0 Å². The molecule has 4 rings (SSSR count). The maximum atomic E-state index is 12.8. The summed E-state index contributed by atoms with van der Waals surface area (Å²) in [6, 6.07) is 14.4. The fourth-order valence-corrected chi connectivity index (χ4v) is 5.43. The topological polar surface area (TPSA) is 45.7 Å². The van der Waals surface area contributed by atoms with E-state index in [1.54, 1.807) is 18.4 Å². The standard InChI is InChI=1S/C23H27N3O2S2/c1-16(2)29-19-7-4-17(5-8-19)14-22(27)25-10-12-26(13-11-25)23-24-20-9-6-18(28-3)15-21(20)30-23/h4-9,15-16H,10-14H2,1-3H3. The van der Waals surface area contributed by atoms with Gasteiger partial charge in [-0.15, -0.1) is 11.8 Å². The molecule has 1 amide bonds. The number of nitrogens with zero attached hydrogens (tertiary/aromatic N) is 3. The number of rotatable bonds is 6. The number of benzene rings is 2. The van der Waals surface area contributed by atoms with Gasteiger partial charge in [-0.05, 0) is 35.9 Å². The van der Waals surface area contributed by atoms with E-state index >= 15 is 0 Å². The SMILES string of the molecule is COc1ccc2nc(N3CCN(C(=O)Cc4ccc(SC(C)C)cc4)CC3)sc2c1. The minimum Gasteiger partial charge on any atom is -0.497 e. The van der Waals surface area contributed by atoms with E-state index in [0.29, 0.717) is 11.7 Å². The van der Waals surface area contributed by atoms with E-state index < -0.39 is 0 Å². The minimum atomic E-state index is 0.202. The Kier molecular flexibility index (Phi) is 6.49. The summed E-state index contributed by atoms with van der Waals surface area (Å²) in [5, 5.41) is 1.58. The normalized spacial score (nSPS) is 14.5. The Hall–Kier alpha value is -2.25. The second-order valence-corrected chi connectivity index (χ2v) is 10.3. The molecule has 1 fully saturated rings. The summed E-state index contributed by atoms with van der Waals surface area (Å²) < 4.78 is 6.44. The lowest BCUT2D eigenvalue weighted by molar-refractivity contribution is -0.130. The average Bonchev–Trinajstić information content (AvgIpc) is 3.18. The van der Waals surface area contributed by atoms with E-state index in [9.17, 15) is 4.79 Å². The molecule has 0 atom stereocenters. The van der Waals surface area contributed by atoms with Gasteiger partial charge in [-0.1, -0.05) is 37.3 Å². The number of anilines is 1. The van der Waals surface area contributed by atoms with Crippen molar-refractivity contribution in [2.24, 2.45) is 0 Å². The van der Waals surface area contributed by atoms with Gasteiger partial charge in [-0.3, -0.25) is 4.79 Å². The summed E-state index contributed by atoms with van der Waals surface area (Å²) in [5.41, 5.74) is 2.07. The molecule has 2 heterocycles. The number of ether oxygens (including phenoxy) is 1. The number of methoxy groups -OCH3 is 1. The van der Waals surface area contributed by atoms with Gasteiger partial charge in [0, 0.05) is 36.3 Å². The Bertz CT molecular complexity index is 1010. The van der Waals surface area contributed by atoms with Crippen LogP contribution in [0.3, 0.4) is 0 Å². The van der Waals surface area contributed by atoms with Crippen molar-refractivity contribution in [2.45, 2.75) is 30.4 Å². The third-order valence-corrected chi connectivity index (χ3v) is 7.23. The zero-order chi connectivity index (χ0) is 21.1. The molecule has 1 aliphatic rings. The number of thioether (sulfide) groups is 1. The van der Waals surface area contributed by atoms with Crippen molar-refractivity contribution in [3.8, 4) is 5.75 Å². The molecule has 0 bridgehead atoms. The Morgan fingerprint density at radius 3 is 2.53 bits per heavy atom. The molecule has 0 spiro atoms. The first-order valence-corrected chi connectivity index (χ1v) is 11.9. The second-order valence-electron chi connectivity index (χ2n) is 7.69. The fraction of sp³-hybridized carbons (Fsp3) is 0.391. The predicted molar refractivity (Wildman–Crippen MR) is 126 cm³/mol. The lowest BCUT2D eigenvalue weighted by Gasteiger charge is -2.34. The number of amides is 1. The summed E-state index contributed by atoms with van der Waals surface area (Å²) in [7, 11) is 1.68. The number of carbonyl (C=O) groups excluding carboxylic acids is 1. The zero-order valence-electron chi connectivity index (χ0n) is 17.6. The van der Waals surface area contributed by atoms with Crippen LogP contribution in [0.15, 0.2) is 47.4 Å². The molecule has 0 radical (unpaired) electrons. The predicted octanol–water partition coefficient (Wildman–Crippen LogP) is 4.70. The van der Waals surface area contributed by atoms with E-state index in [1.165, 1.54) is 4.90 Å². The Morgan fingerprint density at radius 2 is 1.87 bits per heavy atom. The molecular formula is C23H27N3O2S2. The number of hydrogen-bond acceptors (Lipinski definition) is 6. The van der Waals surface area contributed by atoms with Crippen molar-refractivity contribution >= 4 is 44.4 Å². The first-order chi connectivity index (χ1) is 14.5. The summed E-state index contributed by atoms with van der Waals surface area (Å²) >= 11 is 3.52. The number of fused-ring (bicyclic) bond motifs is 1. The van der Waals surface area contributed by atoms with Crippen LogP contribution >= 0.6 is 23.1 Å². The molecule has 0 N–H and O–H groups in total. The highest BCUT2D eigenvalue weighted by Gasteiger charge is 2.23. The molecule has 1 aromatic heterocycles. The molecule has 5 nitrogen and oxygen atoms in total. The summed E-state index contributed by atoms with van der Waals surface area (Å²) in [5.74, 6) is 1.05. The molecule has 30 heavy (non-hydrogen) atoms. The van der Waals surface area contributed by atoms with Gasteiger partial charge in [0.25, 0.3) is 0 Å². The number of hydrogen-bond donors (Lipinski definition) is 0. The van der Waals surface area contributed by atoms with Gasteiger partial charge >= 0.3 is 0 Å². The van der Waals surface area contributed by atoms with Crippen LogP contribution in [-0.2, 0) is 11.2 Å². The summed E-state index contributed by atoms with van der Waals surface area (Å²) in [6.45, 7) is 7.47. The third kappa shape index (κ3) is 4.90. The monoisotopic (exact) mass is 441 g/mol. The van der Waals surface area contributed by atoms with Crippen LogP contribution in [0.2, 0.25) is 0 Å². The molecule has 7 heteroatoms. The van der Waals surface area contributed by atoms with Crippen LogP contribution in [-0.4, -0.2) is 54.3 Å². The van der Waals surface area contributed by atoms with Gasteiger partial charge in [0.15, 0.2) is 5.13 Å². The van der Waals surface area contributed by atoms with Gasteiger partial charge in [0.2, 0.25) is 5.91 Å². The Labute approximate surface area is 186 Å². The van der Waals surface area contributed by atoms with Crippen molar-refractivity contribution in [1.29, 1.82) is 0 Å². The van der Waals surface area contributed by atoms with E-state index in [2.05, 4.69) is 43.0 Å². The highest BCUT2D eigenvalue weighted by molar-refractivity contribution is 7.99.